The molecule has 1 aliphatic heterocycles. The third-order valence-electron chi connectivity index (χ3n) is 9.04. The van der Waals surface area contributed by atoms with Gasteiger partial charge in [-0.3, -0.25) is 18.8 Å². The zero-order valence-corrected chi connectivity index (χ0v) is 27.7. The van der Waals surface area contributed by atoms with Crippen LogP contribution < -0.4 is 5.32 Å². The van der Waals surface area contributed by atoms with E-state index in [1.54, 1.807) is 6.20 Å². The van der Waals surface area contributed by atoms with Gasteiger partial charge in [-0.15, -0.1) is 0 Å². The summed E-state index contributed by atoms with van der Waals surface area (Å²) >= 11 is 0. The molecule has 3 aromatic heterocycles. The topological polar surface area (TPSA) is 70.7 Å². The molecule has 0 amide bonds. The molecule has 0 spiro atoms. The third-order valence-corrected chi connectivity index (χ3v) is 9.04. The Morgan fingerprint density at radius 3 is 2.65 bits per heavy atom. The van der Waals surface area contributed by atoms with Crippen molar-refractivity contribution in [2.24, 2.45) is 0 Å². The number of imidazole rings is 1. The fourth-order valence-corrected chi connectivity index (χ4v) is 5.94. The van der Waals surface area contributed by atoms with Crippen LogP contribution >= 0.6 is 0 Å². The predicted molar refractivity (Wildman–Crippen MR) is 185 cm³/mol. The molecule has 1 aliphatic rings. The molecule has 46 heavy (non-hydrogen) atoms. The van der Waals surface area contributed by atoms with Gasteiger partial charge in [0.15, 0.2) is 11.4 Å². The highest BCUT2D eigenvalue weighted by atomic mass is 16.1. The smallest absolute Gasteiger partial charge is 0.167 e. The highest BCUT2D eigenvalue weighted by molar-refractivity contribution is 5.98. The van der Waals surface area contributed by atoms with E-state index in [9.17, 15) is 4.79 Å². The van der Waals surface area contributed by atoms with Crippen molar-refractivity contribution < 1.29 is 4.79 Å². The van der Waals surface area contributed by atoms with E-state index in [1.165, 1.54) is 11.1 Å². The maximum atomic E-state index is 13.4. The summed E-state index contributed by atoms with van der Waals surface area (Å²) in [5.74, 6) is 6.69. The molecule has 8 nitrogen and oxygen atoms in total. The number of nitrogens with one attached hydrogen (secondary N) is 1. The first kappa shape index (κ1) is 31.3. The molecule has 0 radical (unpaired) electrons. The van der Waals surface area contributed by atoms with Gasteiger partial charge in [-0.1, -0.05) is 36.3 Å². The van der Waals surface area contributed by atoms with Crippen molar-refractivity contribution >= 4 is 22.8 Å². The Labute approximate surface area is 272 Å². The number of carbonyl (C=O) groups excluding carboxylic acids is 1. The van der Waals surface area contributed by atoms with E-state index in [4.69, 9.17) is 0 Å². The van der Waals surface area contributed by atoms with Gasteiger partial charge in [0, 0.05) is 68.2 Å². The van der Waals surface area contributed by atoms with E-state index in [-0.39, 0.29) is 11.8 Å². The van der Waals surface area contributed by atoms with Crippen molar-refractivity contribution in [1.82, 2.24) is 29.0 Å². The molecular weight excluding hydrogens is 570 g/mol. The van der Waals surface area contributed by atoms with Crippen LogP contribution in [0.15, 0.2) is 73.3 Å². The van der Waals surface area contributed by atoms with Crippen LogP contribution in [-0.2, 0) is 13.0 Å². The number of rotatable bonds is 8. The average Bonchev–Trinajstić information content (AvgIpc) is 3.68. The van der Waals surface area contributed by atoms with Crippen LogP contribution in [0.2, 0.25) is 0 Å². The van der Waals surface area contributed by atoms with Crippen LogP contribution in [0.4, 0.5) is 11.4 Å². The molecular formula is C38H43N7O. The lowest BCUT2D eigenvalue weighted by molar-refractivity contribution is 0.0991. The SMILES string of the molecule is Cc1ccc(C(=O)Cc2ccc(CN3CCN(C)[C@@H](C)C3)c(C)c2)cc1C#Cc1cnc2c(Nc3cnn(C(C)C)c3)cccn12. The van der Waals surface area contributed by atoms with Crippen molar-refractivity contribution in [2.45, 2.75) is 59.7 Å². The molecule has 6 rings (SSSR count). The number of likely N-dealkylation sites (N-methyl/N-ethyl adjacent to an activating group) is 1. The highest BCUT2D eigenvalue weighted by Gasteiger charge is 2.21. The molecule has 2 aromatic carbocycles. The van der Waals surface area contributed by atoms with Crippen LogP contribution in [0.5, 0.6) is 0 Å². The number of ketones is 1. The number of aromatic nitrogens is 4. The lowest BCUT2D eigenvalue weighted by Gasteiger charge is -2.37. The minimum atomic E-state index is 0.0920. The molecule has 1 fully saturated rings. The summed E-state index contributed by atoms with van der Waals surface area (Å²) < 4.78 is 3.89. The average molecular weight is 614 g/mol. The molecule has 0 unspecified atom stereocenters. The van der Waals surface area contributed by atoms with E-state index in [0.29, 0.717) is 18.0 Å². The number of piperazine rings is 1. The normalized spacial score (nSPS) is 15.7. The summed E-state index contributed by atoms with van der Waals surface area (Å²) in [6, 6.07) is 17.1. The Morgan fingerprint density at radius 1 is 1.04 bits per heavy atom. The molecule has 1 atom stereocenters. The largest absolute Gasteiger partial charge is 0.350 e. The van der Waals surface area contributed by atoms with E-state index >= 15 is 0 Å². The molecule has 0 bridgehead atoms. The number of nitrogens with zero attached hydrogens (tertiary/aromatic N) is 6. The minimum Gasteiger partial charge on any atom is -0.350 e. The summed E-state index contributed by atoms with van der Waals surface area (Å²) in [4.78, 5) is 23.0. The highest BCUT2D eigenvalue weighted by Crippen LogP contribution is 2.23. The van der Waals surface area contributed by atoms with Crippen LogP contribution in [0.1, 0.15) is 70.7 Å². The molecule has 8 heteroatoms. The zero-order valence-electron chi connectivity index (χ0n) is 27.7. The number of fused-ring (bicyclic) bond motifs is 1. The summed E-state index contributed by atoms with van der Waals surface area (Å²) in [5, 5.41) is 7.85. The van der Waals surface area contributed by atoms with Crippen LogP contribution in [-0.4, -0.2) is 67.5 Å². The van der Waals surface area contributed by atoms with Crippen molar-refractivity contribution in [1.29, 1.82) is 0 Å². The molecule has 5 aromatic rings. The Bertz CT molecular complexity index is 1940. The summed E-state index contributed by atoms with van der Waals surface area (Å²) in [7, 11) is 2.20. The number of anilines is 2. The van der Waals surface area contributed by atoms with Crippen LogP contribution in [0, 0.1) is 25.7 Å². The number of hydrogen-bond acceptors (Lipinski definition) is 6. The molecule has 4 heterocycles. The van der Waals surface area contributed by atoms with Gasteiger partial charge < -0.3 is 10.2 Å². The number of carbonyl (C=O) groups is 1. The Kier molecular flexibility index (Phi) is 9.07. The first-order valence-electron chi connectivity index (χ1n) is 16.1. The monoisotopic (exact) mass is 613 g/mol. The first-order chi connectivity index (χ1) is 22.1. The fourth-order valence-electron chi connectivity index (χ4n) is 5.94. The van der Waals surface area contributed by atoms with Gasteiger partial charge in [0.25, 0.3) is 0 Å². The van der Waals surface area contributed by atoms with Gasteiger partial charge >= 0.3 is 0 Å². The maximum Gasteiger partial charge on any atom is 0.167 e. The number of benzene rings is 2. The van der Waals surface area contributed by atoms with Gasteiger partial charge in [0.1, 0.15) is 5.69 Å². The van der Waals surface area contributed by atoms with Gasteiger partial charge in [0.05, 0.1) is 23.8 Å². The number of Topliss-reactive ketones (excluding diaryl/α,β-unsaturated/α-hetero) is 1. The predicted octanol–water partition coefficient (Wildman–Crippen LogP) is 6.43. The molecule has 236 valence electrons. The van der Waals surface area contributed by atoms with E-state index in [0.717, 1.165) is 65.6 Å². The van der Waals surface area contributed by atoms with Crippen LogP contribution in [0.3, 0.4) is 0 Å². The number of aryl methyl sites for hydroxylation is 2. The van der Waals surface area contributed by atoms with Gasteiger partial charge in [0.2, 0.25) is 0 Å². The first-order valence-corrected chi connectivity index (χ1v) is 16.1. The summed E-state index contributed by atoms with van der Waals surface area (Å²) in [6.45, 7) is 14.9. The van der Waals surface area contributed by atoms with Gasteiger partial charge in [-0.2, -0.15) is 5.10 Å². The quantitative estimate of drug-likeness (QED) is 0.161. The lowest BCUT2D eigenvalue weighted by atomic mass is 9.96. The zero-order chi connectivity index (χ0) is 32.4. The van der Waals surface area contributed by atoms with E-state index in [2.05, 4.69) is 90.0 Å². The third kappa shape index (κ3) is 6.91. The second kappa shape index (κ2) is 13.3. The van der Waals surface area contributed by atoms with Gasteiger partial charge in [-0.05, 0) is 88.0 Å². The van der Waals surface area contributed by atoms with Gasteiger partial charge in [-0.25, -0.2) is 4.98 Å². The molecule has 0 aliphatic carbocycles. The minimum absolute atomic E-state index is 0.0920. The summed E-state index contributed by atoms with van der Waals surface area (Å²) in [6.07, 6.45) is 7.91. The van der Waals surface area contributed by atoms with Crippen molar-refractivity contribution in [3.8, 4) is 11.8 Å². The number of pyridine rings is 1. The van der Waals surface area contributed by atoms with Crippen molar-refractivity contribution in [3.63, 3.8) is 0 Å². The lowest BCUT2D eigenvalue weighted by Crippen LogP contribution is -2.49. The number of hydrogen-bond donors (Lipinski definition) is 1. The Hall–Kier alpha value is -4.71. The van der Waals surface area contributed by atoms with Crippen LogP contribution in [0.25, 0.3) is 5.65 Å². The second-order valence-electron chi connectivity index (χ2n) is 12.9. The molecule has 1 N–H and O–H groups in total. The second-order valence-corrected chi connectivity index (χ2v) is 12.9. The summed E-state index contributed by atoms with van der Waals surface area (Å²) in [5.41, 5.74) is 9.49. The maximum absolute atomic E-state index is 13.4. The standard InChI is InChI=1S/C38H43N7O/c1-26(2)45-25-34(21-40-45)41-36-8-7-15-44-35(22-39-38(36)44)14-13-31-20-32(11-9-27(31)3)37(46)19-30-10-12-33(28(4)18-30)24-43-17-16-42(6)29(5)23-43/h7-12,15,18,20-22,25-26,29,41H,16-17,19,23-24H2,1-6H3/t29-/m0/s1. The molecule has 1 saturated heterocycles. The molecule has 0 saturated carbocycles. The Balaban J connectivity index is 1.15. The van der Waals surface area contributed by atoms with Crippen molar-refractivity contribution in [2.75, 3.05) is 32.0 Å². The van der Waals surface area contributed by atoms with E-state index in [1.807, 2.05) is 64.9 Å². The van der Waals surface area contributed by atoms with Crippen molar-refractivity contribution in [3.05, 3.63) is 112 Å². The van der Waals surface area contributed by atoms with E-state index < -0.39 is 0 Å². The Morgan fingerprint density at radius 2 is 1.89 bits per heavy atom. The fraction of sp³-hybridized carbons (Fsp3) is 0.342.